The Bertz CT molecular complexity index is 2270. The van der Waals surface area contributed by atoms with E-state index in [9.17, 15) is 39.6 Å². The molecule has 278 valence electrons. The minimum absolute atomic E-state index is 0.0136. The van der Waals surface area contributed by atoms with Crippen molar-refractivity contribution < 1.29 is 49.0 Å². The molecular formula is C37H35N6O9S2+. The number of nitrogens with one attached hydrogen (secondary N) is 1. The van der Waals surface area contributed by atoms with Gasteiger partial charge >= 0.3 is 11.9 Å². The van der Waals surface area contributed by atoms with E-state index in [2.05, 4.69) is 15.5 Å². The van der Waals surface area contributed by atoms with Crippen LogP contribution in [0, 0.1) is 6.92 Å². The first kappa shape index (κ1) is 37.6. The average molecular weight is 772 g/mol. The summed E-state index contributed by atoms with van der Waals surface area (Å²) in [5, 5.41) is 46.2. The third-order valence-electron chi connectivity index (χ3n) is 8.67. The number of aromatic nitrogens is 2. The summed E-state index contributed by atoms with van der Waals surface area (Å²) in [7, 11) is 0. The normalized spacial score (nSPS) is 17.3. The van der Waals surface area contributed by atoms with E-state index in [1.807, 2.05) is 54.2 Å². The Labute approximate surface area is 316 Å². The van der Waals surface area contributed by atoms with Crippen molar-refractivity contribution in [3.63, 3.8) is 0 Å². The van der Waals surface area contributed by atoms with Crippen LogP contribution in [-0.2, 0) is 30.6 Å². The van der Waals surface area contributed by atoms with Crippen molar-refractivity contribution in [2.24, 2.45) is 5.16 Å². The van der Waals surface area contributed by atoms with E-state index in [4.69, 9.17) is 10.6 Å². The number of allylic oxidation sites excluding steroid dienone is 1. The number of nitrogen functional groups attached to an aromatic ring is 1. The molecule has 0 unspecified atom stereocenters. The number of aromatic hydroxyl groups is 2. The lowest BCUT2D eigenvalue weighted by Gasteiger charge is -2.49. The van der Waals surface area contributed by atoms with E-state index in [0.717, 1.165) is 44.1 Å². The number of rotatable bonds is 12. The maximum Gasteiger partial charge on any atom is 0.352 e. The number of oxime groups is 1. The average Bonchev–Trinajstić information content (AvgIpc) is 3.56. The molecule has 2 aromatic heterocycles. The number of phenolic OH excluding ortho intramolecular Hbond substituents is 2. The number of pyridine rings is 1. The summed E-state index contributed by atoms with van der Waals surface area (Å²) >= 11 is 2.30. The quantitative estimate of drug-likeness (QED) is 0.0400. The molecule has 17 heteroatoms. The van der Waals surface area contributed by atoms with E-state index in [-0.39, 0.29) is 33.8 Å². The maximum atomic E-state index is 13.3. The number of hydrogen-bond acceptors (Lipinski definition) is 12. The van der Waals surface area contributed by atoms with Crippen LogP contribution in [0.2, 0.25) is 0 Å². The van der Waals surface area contributed by atoms with Gasteiger partial charge in [0.05, 0.1) is 0 Å². The Balaban J connectivity index is 1.13. The van der Waals surface area contributed by atoms with Gasteiger partial charge in [-0.15, -0.1) is 23.1 Å². The second-order valence-electron chi connectivity index (χ2n) is 12.9. The Kier molecular flexibility index (Phi) is 10.5. The number of nitrogens with zero attached hydrogens (tertiary/aromatic N) is 4. The number of β-lactam (4-membered cyclic amide) rings is 1. The molecule has 2 aliphatic heterocycles. The van der Waals surface area contributed by atoms with Crippen molar-refractivity contribution in [3.05, 3.63) is 106 Å². The highest BCUT2D eigenvalue weighted by atomic mass is 32.2. The number of benzene rings is 2. The number of phenols is 2. The number of carbonyl (C=O) groups is 4. The van der Waals surface area contributed by atoms with Gasteiger partial charge in [-0.1, -0.05) is 47.6 Å². The standard InChI is InChI=1S/C37H34N6O9S2/c1-19-15-42(13-12-24(19)22-10-11-26(44)27(45)14-22)16-21-6-4-20(5-7-21)8-9-23-17-53-33-29(32(47)43(33)30(23)34(48)49)40-31(46)28(25-18-54-36(38)39-25)41-52-37(2,3)35(50)51/h4-15,18,29,33H,16-17H2,1-3H3,(H6,38,39,40,45,46,48,49,50,51)/p+1/b9-8-,41-28-/t29-,33-/m1/s1. The fourth-order valence-corrected chi connectivity index (χ4v) is 7.56. The number of fused-ring (bicyclic) bond motifs is 1. The van der Waals surface area contributed by atoms with Gasteiger partial charge in [0.15, 0.2) is 41.3 Å². The van der Waals surface area contributed by atoms with Crippen LogP contribution in [-0.4, -0.2) is 82.5 Å². The van der Waals surface area contributed by atoms with E-state index in [1.54, 1.807) is 18.2 Å². The molecule has 0 saturated carbocycles. The lowest BCUT2D eigenvalue weighted by atomic mass is 10.0. The summed E-state index contributed by atoms with van der Waals surface area (Å²) in [5.41, 5.74) is 8.33. The number of thiazole rings is 1. The van der Waals surface area contributed by atoms with Crippen molar-refractivity contribution in [3.8, 4) is 22.6 Å². The summed E-state index contributed by atoms with van der Waals surface area (Å²) in [6, 6.07) is 13.3. The molecule has 6 rings (SSSR count). The Morgan fingerprint density at radius 3 is 2.48 bits per heavy atom. The molecule has 54 heavy (non-hydrogen) atoms. The number of thioether (sulfide) groups is 1. The van der Waals surface area contributed by atoms with Crippen molar-refractivity contribution in [1.29, 1.82) is 0 Å². The minimum atomic E-state index is -1.78. The fourth-order valence-electron chi connectivity index (χ4n) is 5.70. The van der Waals surface area contributed by atoms with Crippen LogP contribution in [0.25, 0.3) is 17.2 Å². The molecule has 0 aliphatic carbocycles. The molecule has 0 bridgehead atoms. The third-order valence-corrected chi connectivity index (χ3v) is 10.6. The molecular weight excluding hydrogens is 737 g/mol. The maximum absolute atomic E-state index is 13.3. The second-order valence-corrected chi connectivity index (χ2v) is 14.9. The van der Waals surface area contributed by atoms with Gasteiger partial charge in [0.1, 0.15) is 22.8 Å². The molecule has 7 N–H and O–H groups in total. The number of carbonyl (C=O) groups excluding carboxylic acids is 2. The molecule has 2 amide bonds. The van der Waals surface area contributed by atoms with Crippen LogP contribution in [0.5, 0.6) is 11.5 Å². The lowest BCUT2D eigenvalue weighted by Crippen LogP contribution is -2.71. The number of carboxylic acids is 2. The summed E-state index contributed by atoms with van der Waals surface area (Å²) in [4.78, 5) is 60.9. The van der Waals surface area contributed by atoms with E-state index in [1.165, 1.54) is 43.1 Å². The van der Waals surface area contributed by atoms with Gasteiger partial charge < -0.3 is 36.3 Å². The van der Waals surface area contributed by atoms with E-state index < -0.39 is 46.5 Å². The second kappa shape index (κ2) is 15.0. The number of nitrogens with two attached hydrogens (primary N) is 1. The zero-order valence-corrected chi connectivity index (χ0v) is 30.7. The number of aryl methyl sites for hydroxylation is 1. The predicted molar refractivity (Wildman–Crippen MR) is 200 cm³/mol. The van der Waals surface area contributed by atoms with Gasteiger partial charge in [-0.05, 0) is 55.2 Å². The van der Waals surface area contributed by atoms with Crippen molar-refractivity contribution in [2.45, 2.75) is 44.3 Å². The van der Waals surface area contributed by atoms with Crippen LogP contribution in [0.1, 0.15) is 36.2 Å². The van der Waals surface area contributed by atoms with Crippen LogP contribution >= 0.6 is 23.1 Å². The highest BCUT2D eigenvalue weighted by molar-refractivity contribution is 8.00. The third kappa shape index (κ3) is 7.77. The number of aliphatic carboxylic acids is 2. The molecule has 2 aliphatic rings. The molecule has 0 spiro atoms. The van der Waals surface area contributed by atoms with Gasteiger partial charge in [-0.3, -0.25) is 14.5 Å². The summed E-state index contributed by atoms with van der Waals surface area (Å²) in [6.45, 7) is 5.04. The number of amides is 2. The van der Waals surface area contributed by atoms with Gasteiger partial charge in [0.2, 0.25) is 5.60 Å². The lowest BCUT2D eigenvalue weighted by molar-refractivity contribution is -0.688. The molecule has 4 aromatic rings. The largest absolute Gasteiger partial charge is 0.504 e. The topological polar surface area (TPSA) is 229 Å². The molecule has 1 saturated heterocycles. The SMILES string of the molecule is Cc1c[n+](Cc2ccc(/C=C\C3=C(C(=O)O)N4C(=O)[C@@H](NC(=O)/C(=N\OC(C)(C)C(=O)O)c5csc(N)n5)[C@H]4SC3)cc2)ccc1-c1ccc(O)c(O)c1. The zero-order valence-electron chi connectivity index (χ0n) is 29.1. The first-order valence-corrected chi connectivity index (χ1v) is 18.3. The molecule has 4 heterocycles. The molecule has 2 atom stereocenters. The predicted octanol–water partition coefficient (Wildman–Crippen LogP) is 3.48. The summed E-state index contributed by atoms with van der Waals surface area (Å²) < 4.78 is 2.03. The van der Waals surface area contributed by atoms with Crippen LogP contribution in [0.15, 0.2) is 88.8 Å². The Hall–Kier alpha value is -6.20. The highest BCUT2D eigenvalue weighted by Gasteiger charge is 2.54. The van der Waals surface area contributed by atoms with Gasteiger partial charge in [-0.25, -0.2) is 19.1 Å². The Morgan fingerprint density at radius 2 is 1.85 bits per heavy atom. The monoisotopic (exact) mass is 771 g/mol. The first-order valence-electron chi connectivity index (χ1n) is 16.3. The fraction of sp³-hybridized carbons (Fsp3) is 0.216. The van der Waals surface area contributed by atoms with Crippen molar-refractivity contribution in [2.75, 3.05) is 11.5 Å². The van der Waals surface area contributed by atoms with Gasteiger partial charge in [0.25, 0.3) is 11.8 Å². The van der Waals surface area contributed by atoms with Gasteiger partial charge in [0, 0.05) is 28.3 Å². The smallest absolute Gasteiger partial charge is 0.352 e. The summed E-state index contributed by atoms with van der Waals surface area (Å²) in [5.74, 6) is -4.26. The number of hydrogen-bond donors (Lipinski definition) is 6. The minimum Gasteiger partial charge on any atom is -0.504 e. The van der Waals surface area contributed by atoms with Crippen molar-refractivity contribution in [1.82, 2.24) is 15.2 Å². The molecule has 0 radical (unpaired) electrons. The molecule has 2 aromatic carbocycles. The molecule has 15 nitrogen and oxygen atoms in total. The van der Waals surface area contributed by atoms with Crippen molar-refractivity contribution >= 4 is 63.8 Å². The van der Waals surface area contributed by atoms with Gasteiger partial charge in [-0.2, -0.15) is 0 Å². The zero-order chi connectivity index (χ0) is 38.9. The number of carboxylic acid groups (broad SMARTS) is 2. The van der Waals surface area contributed by atoms with E-state index in [0.29, 0.717) is 12.1 Å². The number of anilines is 1. The summed E-state index contributed by atoms with van der Waals surface area (Å²) in [6.07, 6.45) is 7.36. The first-order chi connectivity index (χ1) is 25.6. The van der Waals surface area contributed by atoms with E-state index >= 15 is 0 Å². The van der Waals surface area contributed by atoms with Crippen LogP contribution < -0.4 is 15.6 Å². The Morgan fingerprint density at radius 1 is 1.11 bits per heavy atom. The highest BCUT2D eigenvalue weighted by Crippen LogP contribution is 2.41. The van der Waals surface area contributed by atoms with Crippen LogP contribution in [0.3, 0.4) is 0 Å². The molecule has 1 fully saturated rings. The van der Waals surface area contributed by atoms with Crippen LogP contribution in [0.4, 0.5) is 5.13 Å².